The summed E-state index contributed by atoms with van der Waals surface area (Å²) in [6, 6.07) is 0. The average Bonchev–Trinajstić information content (AvgIpc) is 2.22. The number of carbonyl (C=O) groups excluding carboxylic acids is 2. The molecule has 0 rings (SSSR count). The molecule has 0 aliphatic carbocycles. The van der Waals surface area contributed by atoms with Crippen LogP contribution in [0.25, 0.3) is 0 Å². The Labute approximate surface area is 89.7 Å². The number of rotatable bonds is 7. The van der Waals surface area contributed by atoms with Crippen molar-refractivity contribution in [3.63, 3.8) is 0 Å². The summed E-state index contributed by atoms with van der Waals surface area (Å²) >= 11 is 0. The highest BCUT2D eigenvalue weighted by molar-refractivity contribution is 5.76. The van der Waals surface area contributed by atoms with Gasteiger partial charge in [0.05, 0.1) is 19.8 Å². The molecule has 0 saturated heterocycles. The number of esters is 1. The van der Waals surface area contributed by atoms with Crippen molar-refractivity contribution in [2.24, 2.45) is 5.41 Å². The molecule has 1 unspecified atom stereocenters. The maximum Gasteiger partial charge on any atom is 0.317 e. The normalized spacial score (nSPS) is 14.5. The Kier molecular flexibility index (Phi) is 5.93. The average molecular weight is 218 g/mol. The van der Waals surface area contributed by atoms with Crippen molar-refractivity contribution >= 4 is 12.4 Å². The molecule has 5 nitrogen and oxygen atoms in total. The van der Waals surface area contributed by atoms with Crippen LogP contribution in [0.5, 0.6) is 0 Å². The molecule has 0 bridgehead atoms. The molecule has 0 fully saturated rings. The van der Waals surface area contributed by atoms with E-state index >= 15 is 0 Å². The fraction of sp³-hybridized carbons (Fsp3) is 0.800. The van der Waals surface area contributed by atoms with Gasteiger partial charge in [-0.1, -0.05) is 0 Å². The van der Waals surface area contributed by atoms with Gasteiger partial charge < -0.3 is 14.2 Å². The molecule has 0 aromatic heterocycles. The Hall–Kier alpha value is -1.10. The summed E-state index contributed by atoms with van der Waals surface area (Å²) in [5.41, 5.74) is -0.945. The third-order valence-electron chi connectivity index (χ3n) is 1.88. The molecule has 88 valence electrons. The maximum atomic E-state index is 11.5. The van der Waals surface area contributed by atoms with Crippen LogP contribution in [0.1, 0.15) is 20.8 Å². The van der Waals surface area contributed by atoms with Crippen molar-refractivity contribution in [3.05, 3.63) is 0 Å². The third-order valence-corrected chi connectivity index (χ3v) is 1.88. The number of methoxy groups -OCH3 is 1. The SMILES string of the molecule is COC(=O)C(C)(COC=O)COC(C)C. The van der Waals surface area contributed by atoms with Crippen LogP contribution >= 0.6 is 0 Å². The Morgan fingerprint density at radius 3 is 2.40 bits per heavy atom. The zero-order chi connectivity index (χ0) is 11.9. The van der Waals surface area contributed by atoms with Crippen molar-refractivity contribution in [1.29, 1.82) is 0 Å². The molecule has 15 heavy (non-hydrogen) atoms. The third kappa shape index (κ3) is 4.78. The quantitative estimate of drug-likeness (QED) is 0.466. The van der Waals surface area contributed by atoms with Gasteiger partial charge in [-0.3, -0.25) is 9.59 Å². The molecule has 5 heteroatoms. The minimum Gasteiger partial charge on any atom is -0.468 e. The predicted molar refractivity (Wildman–Crippen MR) is 53.2 cm³/mol. The topological polar surface area (TPSA) is 61.8 Å². The molecule has 0 aromatic rings. The largest absolute Gasteiger partial charge is 0.468 e. The fourth-order valence-electron chi connectivity index (χ4n) is 0.974. The maximum absolute atomic E-state index is 11.5. The Morgan fingerprint density at radius 2 is 2.00 bits per heavy atom. The van der Waals surface area contributed by atoms with Gasteiger partial charge in [-0.05, 0) is 20.8 Å². The van der Waals surface area contributed by atoms with Gasteiger partial charge in [0.15, 0.2) is 0 Å². The van der Waals surface area contributed by atoms with Gasteiger partial charge in [0.2, 0.25) is 0 Å². The zero-order valence-electron chi connectivity index (χ0n) is 9.61. The lowest BCUT2D eigenvalue weighted by molar-refractivity contribution is -0.162. The smallest absolute Gasteiger partial charge is 0.317 e. The second-order valence-electron chi connectivity index (χ2n) is 3.82. The van der Waals surface area contributed by atoms with E-state index in [1.807, 2.05) is 13.8 Å². The fourth-order valence-corrected chi connectivity index (χ4v) is 0.974. The van der Waals surface area contributed by atoms with E-state index in [-0.39, 0.29) is 19.3 Å². The lowest BCUT2D eigenvalue weighted by Crippen LogP contribution is -2.39. The second-order valence-corrected chi connectivity index (χ2v) is 3.82. The van der Waals surface area contributed by atoms with Gasteiger partial charge in [0, 0.05) is 0 Å². The van der Waals surface area contributed by atoms with E-state index in [0.717, 1.165) is 0 Å². The van der Waals surface area contributed by atoms with E-state index in [4.69, 9.17) is 4.74 Å². The minimum absolute atomic E-state index is 0.00483. The number of carbonyl (C=O) groups is 2. The lowest BCUT2D eigenvalue weighted by Gasteiger charge is -2.25. The summed E-state index contributed by atoms with van der Waals surface area (Å²) in [4.78, 5) is 21.5. The minimum atomic E-state index is -0.945. The molecule has 0 aliphatic rings. The predicted octanol–water partition coefficient (Wildman–Crippen LogP) is 0.764. The number of hydrogen-bond donors (Lipinski definition) is 0. The van der Waals surface area contributed by atoms with Crippen LogP contribution in [0.3, 0.4) is 0 Å². The monoisotopic (exact) mass is 218 g/mol. The summed E-state index contributed by atoms with van der Waals surface area (Å²) in [6.45, 7) is 5.76. The van der Waals surface area contributed by atoms with E-state index in [0.29, 0.717) is 6.47 Å². The summed E-state index contributed by atoms with van der Waals surface area (Å²) in [6.07, 6.45) is 0.00483. The summed E-state index contributed by atoms with van der Waals surface area (Å²) in [7, 11) is 1.29. The molecule has 0 aliphatic heterocycles. The first-order chi connectivity index (χ1) is 6.96. The highest BCUT2D eigenvalue weighted by atomic mass is 16.5. The summed E-state index contributed by atoms with van der Waals surface area (Å²) < 4.78 is 14.6. The molecular weight excluding hydrogens is 200 g/mol. The van der Waals surface area contributed by atoms with E-state index < -0.39 is 11.4 Å². The van der Waals surface area contributed by atoms with Crippen LogP contribution in [-0.4, -0.2) is 38.9 Å². The van der Waals surface area contributed by atoms with Crippen LogP contribution in [-0.2, 0) is 23.8 Å². The number of hydrogen-bond acceptors (Lipinski definition) is 5. The Bertz CT molecular complexity index is 214. The van der Waals surface area contributed by atoms with Crippen LogP contribution in [0, 0.1) is 5.41 Å². The van der Waals surface area contributed by atoms with E-state index in [1.54, 1.807) is 6.92 Å². The van der Waals surface area contributed by atoms with Gasteiger partial charge in [-0.2, -0.15) is 0 Å². The van der Waals surface area contributed by atoms with Gasteiger partial charge in [-0.25, -0.2) is 0 Å². The molecule has 0 N–H and O–H groups in total. The van der Waals surface area contributed by atoms with Crippen molar-refractivity contribution in [2.75, 3.05) is 20.3 Å². The van der Waals surface area contributed by atoms with Crippen LogP contribution in [0.15, 0.2) is 0 Å². The molecule has 0 heterocycles. The van der Waals surface area contributed by atoms with Crippen LogP contribution in [0.2, 0.25) is 0 Å². The second kappa shape index (κ2) is 6.40. The molecule has 0 radical (unpaired) electrons. The van der Waals surface area contributed by atoms with Crippen molar-refractivity contribution < 1.29 is 23.8 Å². The van der Waals surface area contributed by atoms with Crippen LogP contribution in [0.4, 0.5) is 0 Å². The van der Waals surface area contributed by atoms with Crippen LogP contribution < -0.4 is 0 Å². The van der Waals surface area contributed by atoms with Gasteiger partial charge in [-0.15, -0.1) is 0 Å². The first-order valence-electron chi connectivity index (χ1n) is 4.71. The van der Waals surface area contributed by atoms with Crippen molar-refractivity contribution in [1.82, 2.24) is 0 Å². The summed E-state index contributed by atoms with van der Waals surface area (Å²) in [5, 5.41) is 0. The van der Waals surface area contributed by atoms with E-state index in [9.17, 15) is 9.59 Å². The van der Waals surface area contributed by atoms with Crippen molar-refractivity contribution in [3.8, 4) is 0 Å². The van der Waals surface area contributed by atoms with E-state index in [1.165, 1.54) is 7.11 Å². The lowest BCUT2D eigenvalue weighted by atomic mass is 9.93. The van der Waals surface area contributed by atoms with Gasteiger partial charge in [0.1, 0.15) is 12.0 Å². The van der Waals surface area contributed by atoms with E-state index in [2.05, 4.69) is 9.47 Å². The Balaban J connectivity index is 4.39. The number of ether oxygens (including phenoxy) is 3. The highest BCUT2D eigenvalue weighted by Gasteiger charge is 2.36. The molecule has 0 amide bonds. The molecule has 0 spiro atoms. The van der Waals surface area contributed by atoms with Crippen molar-refractivity contribution in [2.45, 2.75) is 26.9 Å². The van der Waals surface area contributed by atoms with Gasteiger partial charge in [0.25, 0.3) is 6.47 Å². The molecule has 0 aromatic carbocycles. The first-order valence-corrected chi connectivity index (χ1v) is 4.71. The molecule has 0 saturated carbocycles. The Morgan fingerprint density at radius 1 is 1.40 bits per heavy atom. The standard InChI is InChI=1S/C10H18O5/c1-8(2)15-6-10(3,5-14-7-11)9(12)13-4/h7-8H,5-6H2,1-4H3. The zero-order valence-corrected chi connectivity index (χ0v) is 9.61. The highest BCUT2D eigenvalue weighted by Crippen LogP contribution is 2.20. The molecular formula is C10H18O5. The summed E-state index contributed by atoms with van der Waals surface area (Å²) in [5.74, 6) is -0.454. The first kappa shape index (κ1) is 13.9. The van der Waals surface area contributed by atoms with Gasteiger partial charge >= 0.3 is 5.97 Å². The molecule has 1 atom stereocenters.